The molecule has 0 aliphatic carbocycles. The Morgan fingerprint density at radius 3 is 3.11 bits per heavy atom. The van der Waals surface area contributed by atoms with Crippen molar-refractivity contribution >= 4 is 11.8 Å². The van der Waals surface area contributed by atoms with E-state index in [2.05, 4.69) is 24.0 Å². The SMILES string of the molecule is CCSCC1CCNC1. The van der Waals surface area contributed by atoms with Crippen molar-refractivity contribution in [2.45, 2.75) is 13.3 Å². The van der Waals surface area contributed by atoms with Gasteiger partial charge in [-0.15, -0.1) is 0 Å². The van der Waals surface area contributed by atoms with Gasteiger partial charge in [0, 0.05) is 0 Å². The minimum Gasteiger partial charge on any atom is -0.316 e. The normalized spacial score (nSPS) is 27.0. The van der Waals surface area contributed by atoms with Crippen LogP contribution in [0.2, 0.25) is 0 Å². The first kappa shape index (κ1) is 7.42. The molecular weight excluding hydrogens is 130 g/mol. The molecule has 1 nitrogen and oxygen atoms in total. The van der Waals surface area contributed by atoms with E-state index < -0.39 is 0 Å². The van der Waals surface area contributed by atoms with Gasteiger partial charge in [0.15, 0.2) is 0 Å². The molecule has 1 unspecified atom stereocenters. The van der Waals surface area contributed by atoms with Crippen molar-refractivity contribution in [3.05, 3.63) is 0 Å². The van der Waals surface area contributed by atoms with Crippen molar-refractivity contribution in [3.8, 4) is 0 Å². The van der Waals surface area contributed by atoms with Crippen LogP contribution < -0.4 is 5.32 Å². The van der Waals surface area contributed by atoms with Crippen LogP contribution in [0.4, 0.5) is 0 Å². The summed E-state index contributed by atoms with van der Waals surface area (Å²) in [7, 11) is 0. The zero-order chi connectivity index (χ0) is 6.53. The zero-order valence-corrected chi connectivity index (χ0v) is 6.84. The van der Waals surface area contributed by atoms with E-state index in [0.29, 0.717) is 0 Å². The van der Waals surface area contributed by atoms with Gasteiger partial charge in [-0.2, -0.15) is 11.8 Å². The van der Waals surface area contributed by atoms with Gasteiger partial charge in [-0.25, -0.2) is 0 Å². The lowest BCUT2D eigenvalue weighted by molar-refractivity contribution is 0.663. The Morgan fingerprint density at radius 1 is 1.67 bits per heavy atom. The molecule has 1 fully saturated rings. The second-order valence-corrected chi connectivity index (χ2v) is 3.84. The molecule has 0 spiro atoms. The molecule has 54 valence electrons. The first-order valence-electron chi connectivity index (χ1n) is 3.72. The highest BCUT2D eigenvalue weighted by Gasteiger charge is 2.12. The molecule has 1 heterocycles. The summed E-state index contributed by atoms with van der Waals surface area (Å²) in [5, 5.41) is 3.37. The van der Waals surface area contributed by atoms with Crippen LogP contribution in [0, 0.1) is 5.92 Å². The summed E-state index contributed by atoms with van der Waals surface area (Å²) in [6, 6.07) is 0. The van der Waals surface area contributed by atoms with E-state index in [1.54, 1.807) is 0 Å². The summed E-state index contributed by atoms with van der Waals surface area (Å²) in [6.45, 7) is 4.73. The van der Waals surface area contributed by atoms with Crippen LogP contribution in [0.25, 0.3) is 0 Å². The van der Waals surface area contributed by atoms with Crippen molar-refractivity contribution in [1.82, 2.24) is 5.32 Å². The summed E-state index contributed by atoms with van der Waals surface area (Å²) in [4.78, 5) is 0. The molecule has 0 aromatic carbocycles. The van der Waals surface area contributed by atoms with Crippen molar-refractivity contribution < 1.29 is 0 Å². The number of rotatable bonds is 3. The molecule has 1 atom stereocenters. The van der Waals surface area contributed by atoms with Crippen molar-refractivity contribution in [1.29, 1.82) is 0 Å². The monoisotopic (exact) mass is 145 g/mol. The number of hydrogen-bond donors (Lipinski definition) is 1. The summed E-state index contributed by atoms with van der Waals surface area (Å²) < 4.78 is 0. The summed E-state index contributed by atoms with van der Waals surface area (Å²) in [5.41, 5.74) is 0. The van der Waals surface area contributed by atoms with Crippen molar-refractivity contribution in [2.24, 2.45) is 5.92 Å². The van der Waals surface area contributed by atoms with E-state index in [0.717, 1.165) is 5.92 Å². The molecule has 1 N–H and O–H groups in total. The maximum Gasteiger partial charge on any atom is -0.00121 e. The lowest BCUT2D eigenvalue weighted by atomic mass is 10.2. The fourth-order valence-corrected chi connectivity index (χ4v) is 1.99. The van der Waals surface area contributed by atoms with Crippen molar-refractivity contribution in [3.63, 3.8) is 0 Å². The third kappa shape index (κ3) is 2.59. The summed E-state index contributed by atoms with van der Waals surface area (Å²) >= 11 is 2.07. The van der Waals surface area contributed by atoms with Gasteiger partial charge in [-0.1, -0.05) is 6.92 Å². The van der Waals surface area contributed by atoms with Crippen LogP contribution in [-0.2, 0) is 0 Å². The minimum atomic E-state index is 0.968. The average molecular weight is 145 g/mol. The Labute approximate surface area is 61.6 Å². The van der Waals surface area contributed by atoms with Gasteiger partial charge in [0.2, 0.25) is 0 Å². The lowest BCUT2D eigenvalue weighted by Crippen LogP contribution is -2.10. The van der Waals surface area contributed by atoms with Gasteiger partial charge in [0.1, 0.15) is 0 Å². The first-order valence-corrected chi connectivity index (χ1v) is 4.87. The number of hydrogen-bond acceptors (Lipinski definition) is 2. The smallest absolute Gasteiger partial charge is 0.00121 e. The van der Waals surface area contributed by atoms with Gasteiger partial charge in [-0.05, 0) is 36.9 Å². The van der Waals surface area contributed by atoms with Crippen LogP contribution in [0.15, 0.2) is 0 Å². The zero-order valence-electron chi connectivity index (χ0n) is 6.02. The standard InChI is InChI=1S/C7H15NS/c1-2-9-6-7-3-4-8-5-7/h7-8H,2-6H2,1H3. The molecular formula is C7H15NS. The largest absolute Gasteiger partial charge is 0.316 e. The Hall–Kier alpha value is 0.310. The number of thioether (sulfide) groups is 1. The highest BCUT2D eigenvalue weighted by molar-refractivity contribution is 7.99. The molecule has 0 saturated carbocycles. The van der Waals surface area contributed by atoms with E-state index >= 15 is 0 Å². The lowest BCUT2D eigenvalue weighted by Gasteiger charge is -2.04. The van der Waals surface area contributed by atoms with Gasteiger partial charge >= 0.3 is 0 Å². The fraction of sp³-hybridized carbons (Fsp3) is 1.00. The molecule has 1 aliphatic heterocycles. The van der Waals surface area contributed by atoms with Gasteiger partial charge in [-0.3, -0.25) is 0 Å². The van der Waals surface area contributed by atoms with Crippen LogP contribution in [0.5, 0.6) is 0 Å². The highest BCUT2D eigenvalue weighted by Crippen LogP contribution is 2.13. The average Bonchev–Trinajstić information content (AvgIpc) is 2.34. The van der Waals surface area contributed by atoms with Crippen molar-refractivity contribution in [2.75, 3.05) is 24.6 Å². The van der Waals surface area contributed by atoms with E-state index in [4.69, 9.17) is 0 Å². The van der Waals surface area contributed by atoms with Gasteiger partial charge < -0.3 is 5.32 Å². The second-order valence-electron chi connectivity index (χ2n) is 2.52. The minimum absolute atomic E-state index is 0.968. The Kier molecular flexibility index (Phi) is 3.44. The summed E-state index contributed by atoms with van der Waals surface area (Å²) in [5.74, 6) is 3.61. The van der Waals surface area contributed by atoms with E-state index in [1.807, 2.05) is 0 Å². The Morgan fingerprint density at radius 2 is 2.56 bits per heavy atom. The van der Waals surface area contributed by atoms with Crippen LogP contribution >= 0.6 is 11.8 Å². The maximum absolute atomic E-state index is 3.37. The number of nitrogens with one attached hydrogen (secondary N) is 1. The predicted molar refractivity (Wildman–Crippen MR) is 44.0 cm³/mol. The van der Waals surface area contributed by atoms with E-state index in [9.17, 15) is 0 Å². The molecule has 1 saturated heterocycles. The van der Waals surface area contributed by atoms with Gasteiger partial charge in [0.05, 0.1) is 0 Å². The second kappa shape index (κ2) is 4.18. The molecule has 0 radical (unpaired) electrons. The Balaban J connectivity index is 1.98. The predicted octanol–water partition coefficient (Wildman–Crippen LogP) is 1.35. The molecule has 0 amide bonds. The van der Waals surface area contributed by atoms with E-state index in [1.165, 1.54) is 31.0 Å². The molecule has 1 rings (SSSR count). The molecule has 0 bridgehead atoms. The Bertz CT molecular complexity index is 69.3. The van der Waals surface area contributed by atoms with Crippen LogP contribution in [0.3, 0.4) is 0 Å². The van der Waals surface area contributed by atoms with Crippen LogP contribution in [0.1, 0.15) is 13.3 Å². The quantitative estimate of drug-likeness (QED) is 0.643. The topological polar surface area (TPSA) is 12.0 Å². The maximum atomic E-state index is 3.37. The first-order chi connectivity index (χ1) is 4.43. The molecule has 0 aromatic rings. The third-order valence-electron chi connectivity index (χ3n) is 1.72. The van der Waals surface area contributed by atoms with Crippen LogP contribution in [-0.4, -0.2) is 24.6 Å². The van der Waals surface area contributed by atoms with E-state index in [-0.39, 0.29) is 0 Å². The molecule has 1 aliphatic rings. The van der Waals surface area contributed by atoms with Gasteiger partial charge in [0.25, 0.3) is 0 Å². The molecule has 0 aromatic heterocycles. The molecule has 2 heteroatoms. The highest BCUT2D eigenvalue weighted by atomic mass is 32.2. The fourth-order valence-electron chi connectivity index (χ4n) is 1.14. The third-order valence-corrected chi connectivity index (χ3v) is 2.84. The summed E-state index contributed by atoms with van der Waals surface area (Å²) in [6.07, 6.45) is 1.40. The molecule has 9 heavy (non-hydrogen) atoms.